The Bertz CT molecular complexity index is 907. The predicted octanol–water partition coefficient (Wildman–Crippen LogP) is 2.35. The van der Waals surface area contributed by atoms with E-state index in [0.29, 0.717) is 18.1 Å². The van der Waals surface area contributed by atoms with Crippen LogP contribution >= 0.6 is 0 Å². The minimum atomic E-state index is -3.42. The van der Waals surface area contributed by atoms with Crippen LogP contribution in [0.1, 0.15) is 18.6 Å². The molecule has 0 aliphatic carbocycles. The highest BCUT2D eigenvalue weighted by molar-refractivity contribution is 7.91. The largest absolute Gasteiger partial charge is 0.435 e. The number of ether oxygens (including phenoxy) is 1. The molecule has 164 valence electrons. The molecule has 7 nitrogen and oxygen atoms in total. The van der Waals surface area contributed by atoms with E-state index in [1.54, 1.807) is 30.3 Å². The van der Waals surface area contributed by atoms with Gasteiger partial charge in [-0.3, -0.25) is 4.99 Å². The number of nitrogens with one attached hydrogen (secondary N) is 2. The fraction of sp³-hybridized carbons (Fsp3) is 0.350. The first-order valence-electron chi connectivity index (χ1n) is 9.34. The molecule has 0 saturated heterocycles. The van der Waals surface area contributed by atoms with Crippen molar-refractivity contribution in [1.82, 2.24) is 10.6 Å². The van der Waals surface area contributed by atoms with Crippen molar-refractivity contribution < 1.29 is 27.0 Å². The van der Waals surface area contributed by atoms with Gasteiger partial charge in [-0.2, -0.15) is 8.78 Å². The third-order valence-corrected chi connectivity index (χ3v) is 5.75. The second-order valence-corrected chi connectivity index (χ2v) is 8.35. The highest BCUT2D eigenvalue weighted by Gasteiger charge is 2.14. The molecule has 1 unspecified atom stereocenters. The van der Waals surface area contributed by atoms with E-state index in [-0.39, 0.29) is 29.5 Å². The quantitative estimate of drug-likeness (QED) is 0.387. The number of aliphatic hydroxyl groups is 1. The molecule has 0 aliphatic rings. The van der Waals surface area contributed by atoms with E-state index in [9.17, 15) is 22.3 Å². The number of aliphatic imine (C=N–C) groups is 1. The average Bonchev–Trinajstić information content (AvgIpc) is 2.72. The van der Waals surface area contributed by atoms with Crippen molar-refractivity contribution in [3.63, 3.8) is 0 Å². The van der Waals surface area contributed by atoms with Gasteiger partial charge in [-0.1, -0.05) is 30.3 Å². The van der Waals surface area contributed by atoms with E-state index in [4.69, 9.17) is 0 Å². The zero-order valence-corrected chi connectivity index (χ0v) is 17.3. The Balaban J connectivity index is 1.92. The van der Waals surface area contributed by atoms with Crippen LogP contribution in [0.25, 0.3) is 0 Å². The van der Waals surface area contributed by atoms with Crippen LogP contribution in [-0.2, 0) is 9.84 Å². The number of alkyl halides is 2. The summed E-state index contributed by atoms with van der Waals surface area (Å²) < 4.78 is 53.3. The number of hydrogen-bond donors (Lipinski definition) is 3. The van der Waals surface area contributed by atoms with Crippen molar-refractivity contribution in [2.45, 2.75) is 24.5 Å². The van der Waals surface area contributed by atoms with Crippen LogP contribution < -0.4 is 15.4 Å². The zero-order chi connectivity index (χ0) is 22.0. The summed E-state index contributed by atoms with van der Waals surface area (Å²) in [7, 11) is -3.42. The lowest BCUT2D eigenvalue weighted by Crippen LogP contribution is -2.39. The van der Waals surface area contributed by atoms with Gasteiger partial charge in [-0.05, 0) is 36.8 Å². The Hall–Kier alpha value is -2.72. The van der Waals surface area contributed by atoms with E-state index in [2.05, 4.69) is 20.4 Å². The summed E-state index contributed by atoms with van der Waals surface area (Å²) in [6.45, 7) is -0.373. The van der Waals surface area contributed by atoms with Crippen LogP contribution in [0.5, 0.6) is 5.75 Å². The fourth-order valence-electron chi connectivity index (χ4n) is 2.55. The number of guanidine groups is 1. The molecule has 0 spiro atoms. The zero-order valence-electron chi connectivity index (χ0n) is 16.5. The molecule has 0 bridgehead atoms. The Kier molecular flexibility index (Phi) is 9.00. The maximum atomic E-state index is 12.3. The molecular formula is C20H25F2N3O4S. The molecule has 2 aromatic carbocycles. The van der Waals surface area contributed by atoms with Crippen LogP contribution in [-0.4, -0.2) is 51.5 Å². The summed E-state index contributed by atoms with van der Waals surface area (Å²) in [5.41, 5.74) is 0.489. The van der Waals surface area contributed by atoms with Gasteiger partial charge in [0.05, 0.1) is 23.3 Å². The number of sulfone groups is 1. The molecule has 0 fully saturated rings. The molecule has 1 atom stereocenters. The van der Waals surface area contributed by atoms with Crippen LogP contribution in [0.2, 0.25) is 0 Å². The molecule has 0 aromatic heterocycles. The molecule has 2 aromatic rings. The molecule has 0 radical (unpaired) electrons. The van der Waals surface area contributed by atoms with Crippen molar-refractivity contribution in [2.75, 3.05) is 25.4 Å². The standard InChI is InChI=1S/C20H25F2N3O4S/c1-2-23-20(24-12-13-30(27,28)17-6-4-3-5-7-17)25-14-18(26)15-8-10-16(11-9-15)29-19(21)22/h3-11,18-19,26H,2,12-14H2,1H3,(H2,23,24,25). The van der Waals surface area contributed by atoms with Gasteiger partial charge >= 0.3 is 6.61 Å². The van der Waals surface area contributed by atoms with Crippen molar-refractivity contribution in [3.8, 4) is 5.75 Å². The lowest BCUT2D eigenvalue weighted by atomic mass is 10.1. The molecule has 0 heterocycles. The van der Waals surface area contributed by atoms with E-state index in [1.807, 2.05) is 6.92 Å². The topological polar surface area (TPSA) is 100 Å². The van der Waals surface area contributed by atoms with Gasteiger partial charge in [0, 0.05) is 13.1 Å². The number of benzene rings is 2. The number of hydrogen-bond acceptors (Lipinski definition) is 5. The minimum Gasteiger partial charge on any atom is -0.435 e. The van der Waals surface area contributed by atoms with Crippen molar-refractivity contribution in [1.29, 1.82) is 0 Å². The lowest BCUT2D eigenvalue weighted by Gasteiger charge is -2.14. The molecule has 0 amide bonds. The molecular weight excluding hydrogens is 416 g/mol. The number of rotatable bonds is 10. The van der Waals surface area contributed by atoms with Gasteiger partial charge in [0.2, 0.25) is 0 Å². The molecule has 10 heteroatoms. The first-order valence-corrected chi connectivity index (χ1v) is 11.0. The Morgan fingerprint density at radius 2 is 1.77 bits per heavy atom. The summed E-state index contributed by atoms with van der Waals surface area (Å²) in [5.74, 6) is 0.242. The maximum absolute atomic E-state index is 12.3. The van der Waals surface area contributed by atoms with Gasteiger partial charge in [0.25, 0.3) is 0 Å². The number of halogens is 2. The average molecular weight is 442 g/mol. The minimum absolute atomic E-state index is 0.000850. The van der Waals surface area contributed by atoms with Crippen LogP contribution in [0.15, 0.2) is 64.5 Å². The third kappa shape index (κ3) is 7.60. The molecule has 0 saturated carbocycles. The SMILES string of the molecule is CCNC(=NCC(O)c1ccc(OC(F)F)cc1)NCCS(=O)(=O)c1ccccc1. The Labute approximate surface area is 174 Å². The molecule has 2 rings (SSSR count). The summed E-state index contributed by atoms with van der Waals surface area (Å²) in [5, 5.41) is 16.2. The van der Waals surface area contributed by atoms with E-state index in [0.717, 1.165) is 0 Å². The van der Waals surface area contributed by atoms with Crippen molar-refractivity contribution >= 4 is 15.8 Å². The molecule has 0 aliphatic heterocycles. The third-order valence-electron chi connectivity index (χ3n) is 4.02. The van der Waals surface area contributed by atoms with E-state index >= 15 is 0 Å². The predicted molar refractivity (Wildman–Crippen MR) is 111 cm³/mol. The van der Waals surface area contributed by atoms with Gasteiger partial charge in [0.1, 0.15) is 5.75 Å². The highest BCUT2D eigenvalue weighted by atomic mass is 32.2. The van der Waals surface area contributed by atoms with E-state index < -0.39 is 22.6 Å². The number of aliphatic hydroxyl groups excluding tert-OH is 1. The monoisotopic (exact) mass is 441 g/mol. The summed E-state index contributed by atoms with van der Waals surface area (Å²) >= 11 is 0. The van der Waals surface area contributed by atoms with Gasteiger partial charge in [-0.25, -0.2) is 8.42 Å². The maximum Gasteiger partial charge on any atom is 0.387 e. The van der Waals surface area contributed by atoms with Crippen LogP contribution in [0.3, 0.4) is 0 Å². The first-order chi connectivity index (χ1) is 14.3. The first kappa shape index (κ1) is 23.6. The second kappa shape index (κ2) is 11.5. The van der Waals surface area contributed by atoms with Crippen molar-refractivity contribution in [2.24, 2.45) is 4.99 Å². The second-order valence-electron chi connectivity index (χ2n) is 6.24. The fourth-order valence-corrected chi connectivity index (χ4v) is 3.72. The van der Waals surface area contributed by atoms with Crippen molar-refractivity contribution in [3.05, 3.63) is 60.2 Å². The summed E-state index contributed by atoms with van der Waals surface area (Å²) in [6.07, 6.45) is -0.964. The van der Waals surface area contributed by atoms with Gasteiger partial charge in [0.15, 0.2) is 15.8 Å². The Morgan fingerprint density at radius 1 is 1.10 bits per heavy atom. The van der Waals surface area contributed by atoms with Gasteiger partial charge < -0.3 is 20.5 Å². The summed E-state index contributed by atoms with van der Waals surface area (Å²) in [4.78, 5) is 4.50. The van der Waals surface area contributed by atoms with E-state index in [1.165, 1.54) is 24.3 Å². The Morgan fingerprint density at radius 3 is 2.37 bits per heavy atom. The van der Waals surface area contributed by atoms with Crippen LogP contribution in [0, 0.1) is 0 Å². The highest BCUT2D eigenvalue weighted by Crippen LogP contribution is 2.19. The molecule has 30 heavy (non-hydrogen) atoms. The lowest BCUT2D eigenvalue weighted by molar-refractivity contribution is -0.0498. The van der Waals surface area contributed by atoms with Gasteiger partial charge in [-0.15, -0.1) is 0 Å². The normalized spacial score (nSPS) is 13.2. The summed E-state index contributed by atoms with van der Waals surface area (Å²) in [6, 6.07) is 13.8. The number of nitrogens with zero attached hydrogens (tertiary/aromatic N) is 1. The molecule has 3 N–H and O–H groups in total. The smallest absolute Gasteiger partial charge is 0.387 e. The van der Waals surface area contributed by atoms with Crippen LogP contribution in [0.4, 0.5) is 8.78 Å².